The highest BCUT2D eigenvalue weighted by Gasteiger charge is 2.02. The van der Waals surface area contributed by atoms with Crippen molar-refractivity contribution >= 4 is 32.7 Å². The van der Waals surface area contributed by atoms with Crippen LogP contribution >= 0.6 is 15.9 Å². The highest BCUT2D eigenvalue weighted by molar-refractivity contribution is 9.10. The van der Waals surface area contributed by atoms with Gasteiger partial charge in [0.15, 0.2) is 0 Å². The molecule has 1 aromatic heterocycles. The van der Waals surface area contributed by atoms with Crippen LogP contribution in [0.15, 0.2) is 28.7 Å². The number of nitrogens with zero attached hydrogens (tertiary/aromatic N) is 1. The molecule has 71 valence electrons. The molecule has 0 aliphatic rings. The molecule has 0 saturated carbocycles. The summed E-state index contributed by atoms with van der Waals surface area (Å²) in [6.45, 7) is 0. The largest absolute Gasteiger partial charge is 0.490 e. The molecule has 2 rings (SSSR count). The van der Waals surface area contributed by atoms with Gasteiger partial charge in [-0.3, -0.25) is 0 Å². The first-order valence-electron chi connectivity index (χ1n) is 3.98. The Hall–Kier alpha value is -1.29. The molecule has 0 amide bonds. The monoisotopic (exact) mass is 251 g/mol. The average Bonchev–Trinajstić information content (AvgIpc) is 2.19. The van der Waals surface area contributed by atoms with Crippen LogP contribution in [0.4, 0.5) is 5.82 Å². The number of rotatable bonds is 1. The lowest BCUT2D eigenvalue weighted by Crippen LogP contribution is -1.92. The maximum absolute atomic E-state index is 5.66. The van der Waals surface area contributed by atoms with E-state index in [1.165, 1.54) is 0 Å². The van der Waals surface area contributed by atoms with Crippen molar-refractivity contribution in [1.82, 2.24) is 4.98 Å². The first kappa shape index (κ1) is 9.27. The lowest BCUT2D eigenvalue weighted by Gasteiger charge is -2.03. The Morgan fingerprint density at radius 3 is 2.86 bits per heavy atom. The lowest BCUT2D eigenvalue weighted by molar-refractivity contribution is 0.473. The molecule has 3 nitrogen and oxygen atoms in total. The van der Waals surface area contributed by atoms with E-state index in [0.29, 0.717) is 11.6 Å². The molecular weight excluding hydrogens is 244 g/mol. The van der Waals surface area contributed by atoms with Crippen LogP contribution in [0.5, 0.6) is 5.75 Å². The molecule has 1 radical (unpaired) electrons. The molecular formula is C10H8BrN2O. The van der Waals surface area contributed by atoms with E-state index in [0.717, 1.165) is 15.4 Å². The van der Waals surface area contributed by atoms with E-state index in [9.17, 15) is 0 Å². The van der Waals surface area contributed by atoms with Gasteiger partial charge in [0.25, 0.3) is 0 Å². The zero-order valence-electron chi connectivity index (χ0n) is 7.33. The van der Waals surface area contributed by atoms with Crippen LogP contribution in [-0.2, 0) is 0 Å². The fourth-order valence-electron chi connectivity index (χ4n) is 1.23. The van der Waals surface area contributed by atoms with E-state index in [-0.39, 0.29) is 0 Å². The third-order valence-corrected chi connectivity index (χ3v) is 2.57. The Morgan fingerprint density at radius 2 is 2.14 bits per heavy atom. The quantitative estimate of drug-likeness (QED) is 0.848. The summed E-state index contributed by atoms with van der Waals surface area (Å²) in [6, 6.07) is 7.46. The highest BCUT2D eigenvalue weighted by atomic mass is 79.9. The molecule has 1 heterocycles. The molecule has 0 unspecified atom stereocenters. The first-order valence-corrected chi connectivity index (χ1v) is 4.78. The number of fused-ring (bicyclic) bond motifs is 1. The zero-order chi connectivity index (χ0) is 10.1. The number of halogens is 1. The van der Waals surface area contributed by atoms with E-state index >= 15 is 0 Å². The summed E-state index contributed by atoms with van der Waals surface area (Å²) >= 11 is 3.32. The molecule has 2 aromatic rings. The number of nitrogen functional groups attached to an aromatic ring is 1. The predicted octanol–water partition coefficient (Wildman–Crippen LogP) is 2.75. The van der Waals surface area contributed by atoms with E-state index in [1.54, 1.807) is 6.07 Å². The highest BCUT2D eigenvalue weighted by Crippen LogP contribution is 2.25. The molecule has 0 spiro atoms. The van der Waals surface area contributed by atoms with Crippen molar-refractivity contribution in [3.8, 4) is 5.75 Å². The minimum absolute atomic E-state index is 0.471. The van der Waals surface area contributed by atoms with Gasteiger partial charge in [0.1, 0.15) is 18.7 Å². The minimum atomic E-state index is 0.471. The number of hydrogen-bond donors (Lipinski definition) is 1. The van der Waals surface area contributed by atoms with Gasteiger partial charge in [0.05, 0.1) is 9.99 Å². The second-order valence-corrected chi connectivity index (χ2v) is 3.71. The van der Waals surface area contributed by atoms with Crippen molar-refractivity contribution < 1.29 is 4.74 Å². The zero-order valence-corrected chi connectivity index (χ0v) is 8.91. The Labute approximate surface area is 90.0 Å². The van der Waals surface area contributed by atoms with Gasteiger partial charge in [-0.1, -0.05) is 0 Å². The van der Waals surface area contributed by atoms with Crippen molar-refractivity contribution in [2.75, 3.05) is 5.73 Å². The summed E-state index contributed by atoms with van der Waals surface area (Å²) in [5, 5.41) is 1.01. The Bertz CT molecular complexity index is 485. The number of ether oxygens (including phenoxy) is 1. The van der Waals surface area contributed by atoms with Gasteiger partial charge in [-0.15, -0.1) is 0 Å². The van der Waals surface area contributed by atoms with Gasteiger partial charge in [0.2, 0.25) is 0 Å². The first-order chi connectivity index (χ1) is 6.70. The van der Waals surface area contributed by atoms with Gasteiger partial charge in [0, 0.05) is 11.5 Å². The molecule has 4 heteroatoms. The number of hydrogen-bond acceptors (Lipinski definition) is 3. The summed E-state index contributed by atoms with van der Waals surface area (Å²) < 4.78 is 5.65. The molecule has 1 aromatic carbocycles. The minimum Gasteiger partial charge on any atom is -0.490 e. The SMILES string of the molecule is [CH2]Oc1ccc2cc(Br)c(N)nc2c1. The number of aromatic nitrogens is 1. The Morgan fingerprint density at radius 1 is 1.36 bits per heavy atom. The lowest BCUT2D eigenvalue weighted by atomic mass is 10.2. The second kappa shape index (κ2) is 3.46. The molecule has 2 N–H and O–H groups in total. The van der Waals surface area contributed by atoms with Crippen molar-refractivity contribution in [3.63, 3.8) is 0 Å². The molecule has 0 aliphatic heterocycles. The van der Waals surface area contributed by atoms with E-state index < -0.39 is 0 Å². The molecule has 0 aliphatic carbocycles. The number of nitrogens with two attached hydrogens (primary N) is 1. The van der Waals surface area contributed by atoms with E-state index in [2.05, 4.69) is 28.0 Å². The van der Waals surface area contributed by atoms with Crippen molar-refractivity contribution in [2.45, 2.75) is 0 Å². The average molecular weight is 252 g/mol. The van der Waals surface area contributed by atoms with Gasteiger partial charge in [-0.2, -0.15) is 0 Å². The van der Waals surface area contributed by atoms with Crippen molar-refractivity contribution in [2.24, 2.45) is 0 Å². The van der Waals surface area contributed by atoms with Crippen LogP contribution in [0.3, 0.4) is 0 Å². The van der Waals surface area contributed by atoms with Crippen LogP contribution in [0.2, 0.25) is 0 Å². The molecule has 0 saturated heterocycles. The Kier molecular flexibility index (Phi) is 2.29. The molecule has 0 bridgehead atoms. The Balaban J connectivity index is 2.70. The fourth-order valence-corrected chi connectivity index (χ4v) is 1.56. The van der Waals surface area contributed by atoms with Gasteiger partial charge in [-0.25, -0.2) is 4.98 Å². The topological polar surface area (TPSA) is 48.1 Å². The summed E-state index contributed by atoms with van der Waals surface area (Å²) in [7, 11) is 3.33. The van der Waals surface area contributed by atoms with E-state index in [1.807, 2.05) is 18.2 Å². The summed E-state index contributed by atoms with van der Waals surface area (Å²) in [5.41, 5.74) is 6.46. The van der Waals surface area contributed by atoms with Crippen LogP contribution in [0.25, 0.3) is 10.9 Å². The summed E-state index contributed by atoms with van der Waals surface area (Å²) in [5.74, 6) is 1.14. The summed E-state index contributed by atoms with van der Waals surface area (Å²) in [6.07, 6.45) is 0. The van der Waals surface area contributed by atoms with E-state index in [4.69, 9.17) is 10.5 Å². The van der Waals surface area contributed by atoms with Crippen LogP contribution < -0.4 is 10.5 Å². The maximum atomic E-state index is 5.66. The summed E-state index contributed by atoms with van der Waals surface area (Å²) in [4.78, 5) is 4.21. The fraction of sp³-hybridized carbons (Fsp3) is 0. The van der Waals surface area contributed by atoms with Gasteiger partial charge >= 0.3 is 0 Å². The number of benzene rings is 1. The maximum Gasteiger partial charge on any atom is 0.138 e. The van der Waals surface area contributed by atoms with Gasteiger partial charge in [-0.05, 0) is 34.1 Å². The molecule has 0 atom stereocenters. The number of pyridine rings is 1. The van der Waals surface area contributed by atoms with Crippen molar-refractivity contribution in [1.29, 1.82) is 0 Å². The normalized spacial score (nSPS) is 10.4. The van der Waals surface area contributed by atoms with Gasteiger partial charge < -0.3 is 10.5 Å². The third kappa shape index (κ3) is 1.53. The number of anilines is 1. The van der Waals surface area contributed by atoms with Crippen molar-refractivity contribution in [3.05, 3.63) is 35.8 Å². The third-order valence-electron chi connectivity index (χ3n) is 1.94. The van der Waals surface area contributed by atoms with Crippen LogP contribution in [-0.4, -0.2) is 4.98 Å². The standard InChI is InChI=1S/C10H8BrN2O/c1-14-7-3-2-6-4-8(11)10(12)13-9(6)5-7/h2-5H,1H2,(H2,12,13). The predicted molar refractivity (Wildman–Crippen MR) is 59.8 cm³/mol. The second-order valence-electron chi connectivity index (χ2n) is 2.85. The smallest absolute Gasteiger partial charge is 0.138 e. The molecule has 14 heavy (non-hydrogen) atoms. The van der Waals surface area contributed by atoms with Crippen LogP contribution in [0.1, 0.15) is 0 Å². The molecule has 0 fully saturated rings. The van der Waals surface area contributed by atoms with Crippen LogP contribution in [0, 0.1) is 7.11 Å².